The lowest BCUT2D eigenvalue weighted by molar-refractivity contribution is -0.0818. The zero-order valence-electron chi connectivity index (χ0n) is 12.3. The van der Waals surface area contributed by atoms with Crippen molar-refractivity contribution >= 4 is 15.7 Å². The summed E-state index contributed by atoms with van der Waals surface area (Å²) in [4.78, 5) is 0.263. The van der Waals surface area contributed by atoms with Crippen LogP contribution in [0, 0.1) is 0 Å². The third-order valence-electron chi connectivity index (χ3n) is 2.97. The summed E-state index contributed by atoms with van der Waals surface area (Å²) in [6, 6.07) is 6.55. The molecule has 1 aromatic carbocycles. The third-order valence-corrected chi connectivity index (χ3v) is 4.65. The maximum Gasteiger partial charge on any atom is 0.240 e. The minimum absolute atomic E-state index is 0.0322. The molecule has 2 rings (SSSR count). The summed E-state index contributed by atoms with van der Waals surface area (Å²) in [7, 11) is -3.43. The van der Waals surface area contributed by atoms with E-state index in [1.165, 1.54) is 0 Å². The normalized spacial score (nSPS) is 19.7. The molecule has 1 unspecified atom stereocenters. The zero-order chi connectivity index (χ0) is 15.3. The minimum atomic E-state index is -3.43. The molecular formula is C14H22N2O4S. The molecule has 0 spiro atoms. The van der Waals surface area contributed by atoms with Crippen LogP contribution in [0.1, 0.15) is 13.8 Å². The Morgan fingerprint density at radius 2 is 1.95 bits per heavy atom. The lowest BCUT2D eigenvalue weighted by atomic mass is 10.3. The molecule has 7 heteroatoms. The van der Waals surface area contributed by atoms with E-state index in [-0.39, 0.29) is 17.0 Å². The predicted molar refractivity (Wildman–Crippen MR) is 80.9 cm³/mol. The first kappa shape index (κ1) is 16.2. The Hall–Kier alpha value is -1.15. The van der Waals surface area contributed by atoms with Gasteiger partial charge in [0.25, 0.3) is 0 Å². The van der Waals surface area contributed by atoms with Crippen LogP contribution in [0.2, 0.25) is 0 Å². The molecule has 1 aliphatic heterocycles. The second-order valence-corrected chi connectivity index (χ2v) is 6.96. The number of ether oxygens (including phenoxy) is 2. The largest absolute Gasteiger partial charge is 0.382 e. The Morgan fingerprint density at radius 1 is 1.24 bits per heavy atom. The first-order chi connectivity index (χ1) is 9.97. The van der Waals surface area contributed by atoms with Crippen molar-refractivity contribution in [2.45, 2.75) is 30.9 Å². The van der Waals surface area contributed by atoms with Crippen molar-refractivity contribution in [2.24, 2.45) is 0 Å². The van der Waals surface area contributed by atoms with Gasteiger partial charge in [-0.1, -0.05) is 0 Å². The average Bonchev–Trinajstić information content (AvgIpc) is 2.45. The molecule has 1 atom stereocenters. The molecule has 0 bridgehead atoms. The summed E-state index contributed by atoms with van der Waals surface area (Å²) in [6.45, 7) is 6.06. The van der Waals surface area contributed by atoms with Crippen LogP contribution >= 0.6 is 0 Å². The second kappa shape index (κ2) is 7.22. The van der Waals surface area contributed by atoms with Gasteiger partial charge in [-0.2, -0.15) is 0 Å². The van der Waals surface area contributed by atoms with Gasteiger partial charge in [-0.25, -0.2) is 13.1 Å². The SMILES string of the molecule is CC(C)NS(=O)(=O)c1ccc(NCC2COCCO2)cc1. The molecule has 2 N–H and O–H groups in total. The molecule has 1 aliphatic rings. The number of sulfonamides is 1. The van der Waals surface area contributed by atoms with Gasteiger partial charge in [0, 0.05) is 18.3 Å². The van der Waals surface area contributed by atoms with Crippen molar-refractivity contribution in [2.75, 3.05) is 31.7 Å². The topological polar surface area (TPSA) is 76.7 Å². The van der Waals surface area contributed by atoms with Gasteiger partial charge >= 0.3 is 0 Å². The summed E-state index contributed by atoms with van der Waals surface area (Å²) in [5.74, 6) is 0. The van der Waals surface area contributed by atoms with Crippen LogP contribution < -0.4 is 10.0 Å². The van der Waals surface area contributed by atoms with Crippen molar-refractivity contribution in [3.05, 3.63) is 24.3 Å². The van der Waals surface area contributed by atoms with Crippen LogP contribution in [0.15, 0.2) is 29.2 Å². The van der Waals surface area contributed by atoms with Crippen molar-refractivity contribution in [1.29, 1.82) is 0 Å². The van der Waals surface area contributed by atoms with Crippen LogP contribution in [-0.2, 0) is 19.5 Å². The summed E-state index contributed by atoms with van der Waals surface area (Å²) in [5, 5.41) is 3.21. The van der Waals surface area contributed by atoms with Gasteiger partial charge in [-0.15, -0.1) is 0 Å². The fourth-order valence-corrected chi connectivity index (χ4v) is 3.27. The molecule has 1 saturated heterocycles. The lowest BCUT2D eigenvalue weighted by Crippen LogP contribution is -2.34. The summed E-state index contributed by atoms with van der Waals surface area (Å²) in [6.07, 6.45) is 0.0322. The van der Waals surface area contributed by atoms with Crippen molar-refractivity contribution in [3.8, 4) is 0 Å². The van der Waals surface area contributed by atoms with Crippen LogP contribution in [0.3, 0.4) is 0 Å². The molecule has 1 aromatic rings. The molecule has 21 heavy (non-hydrogen) atoms. The molecule has 0 amide bonds. The Bertz CT molecular complexity index is 537. The highest BCUT2D eigenvalue weighted by molar-refractivity contribution is 7.89. The minimum Gasteiger partial charge on any atom is -0.382 e. The van der Waals surface area contributed by atoms with E-state index in [4.69, 9.17) is 9.47 Å². The molecule has 6 nitrogen and oxygen atoms in total. The van der Waals surface area contributed by atoms with E-state index >= 15 is 0 Å². The number of hydrogen-bond donors (Lipinski definition) is 2. The van der Waals surface area contributed by atoms with E-state index in [0.717, 1.165) is 5.69 Å². The van der Waals surface area contributed by atoms with Crippen molar-refractivity contribution in [3.63, 3.8) is 0 Å². The highest BCUT2D eigenvalue weighted by Gasteiger charge is 2.16. The summed E-state index contributed by atoms with van der Waals surface area (Å²) < 4.78 is 37.4. The molecule has 0 radical (unpaired) electrons. The quantitative estimate of drug-likeness (QED) is 0.825. The van der Waals surface area contributed by atoms with Crippen molar-refractivity contribution in [1.82, 2.24) is 4.72 Å². The Labute approximate surface area is 125 Å². The highest BCUT2D eigenvalue weighted by Crippen LogP contribution is 2.15. The maximum absolute atomic E-state index is 12.0. The van der Waals surface area contributed by atoms with Gasteiger partial charge in [-0.3, -0.25) is 0 Å². The maximum atomic E-state index is 12.0. The lowest BCUT2D eigenvalue weighted by Gasteiger charge is -2.23. The third kappa shape index (κ3) is 4.96. The van der Waals surface area contributed by atoms with E-state index in [9.17, 15) is 8.42 Å². The van der Waals surface area contributed by atoms with Crippen LogP contribution in [0.4, 0.5) is 5.69 Å². The number of benzene rings is 1. The summed E-state index contributed by atoms with van der Waals surface area (Å²) >= 11 is 0. The monoisotopic (exact) mass is 314 g/mol. The van der Waals surface area contributed by atoms with Gasteiger partial charge in [0.05, 0.1) is 30.8 Å². The van der Waals surface area contributed by atoms with Gasteiger partial charge < -0.3 is 14.8 Å². The van der Waals surface area contributed by atoms with E-state index in [1.807, 2.05) is 0 Å². The van der Waals surface area contributed by atoms with E-state index in [0.29, 0.717) is 26.4 Å². The molecule has 118 valence electrons. The Morgan fingerprint density at radius 3 is 2.52 bits per heavy atom. The highest BCUT2D eigenvalue weighted by atomic mass is 32.2. The van der Waals surface area contributed by atoms with Gasteiger partial charge in [-0.05, 0) is 38.1 Å². The van der Waals surface area contributed by atoms with Crippen LogP contribution in [-0.4, -0.2) is 46.9 Å². The van der Waals surface area contributed by atoms with Gasteiger partial charge in [0.2, 0.25) is 10.0 Å². The number of rotatable bonds is 6. The standard InChI is InChI=1S/C14H22N2O4S/c1-11(2)16-21(17,18)14-5-3-12(4-6-14)15-9-13-10-19-7-8-20-13/h3-6,11,13,15-16H,7-10H2,1-2H3. The number of hydrogen-bond acceptors (Lipinski definition) is 5. The molecule has 0 aliphatic carbocycles. The first-order valence-electron chi connectivity index (χ1n) is 7.03. The van der Waals surface area contributed by atoms with Crippen molar-refractivity contribution < 1.29 is 17.9 Å². The molecule has 1 heterocycles. The second-order valence-electron chi connectivity index (χ2n) is 5.25. The fourth-order valence-electron chi connectivity index (χ4n) is 2.02. The van der Waals surface area contributed by atoms with E-state index in [1.54, 1.807) is 38.1 Å². The Balaban J connectivity index is 1.92. The fraction of sp³-hybridized carbons (Fsp3) is 0.571. The molecule has 0 aromatic heterocycles. The molecule has 1 fully saturated rings. The molecular weight excluding hydrogens is 292 g/mol. The number of nitrogens with one attached hydrogen (secondary N) is 2. The smallest absolute Gasteiger partial charge is 0.240 e. The average molecular weight is 314 g/mol. The number of anilines is 1. The van der Waals surface area contributed by atoms with E-state index in [2.05, 4.69) is 10.0 Å². The van der Waals surface area contributed by atoms with Gasteiger partial charge in [0.15, 0.2) is 0 Å². The Kier molecular flexibility index (Phi) is 5.58. The van der Waals surface area contributed by atoms with Crippen LogP contribution in [0.5, 0.6) is 0 Å². The zero-order valence-corrected chi connectivity index (χ0v) is 13.2. The van der Waals surface area contributed by atoms with Crippen LogP contribution in [0.25, 0.3) is 0 Å². The predicted octanol–water partition coefficient (Wildman–Crippen LogP) is 1.20. The van der Waals surface area contributed by atoms with E-state index < -0.39 is 10.0 Å². The summed E-state index contributed by atoms with van der Waals surface area (Å²) in [5.41, 5.74) is 0.854. The first-order valence-corrected chi connectivity index (χ1v) is 8.51. The molecule has 0 saturated carbocycles. The van der Waals surface area contributed by atoms with Gasteiger partial charge in [0.1, 0.15) is 0 Å².